The van der Waals surface area contributed by atoms with E-state index in [-0.39, 0.29) is 23.9 Å². The van der Waals surface area contributed by atoms with Crippen LogP contribution in [0.1, 0.15) is 88.8 Å². The summed E-state index contributed by atoms with van der Waals surface area (Å²) < 4.78 is 0. The SMILES string of the molecule is Cc1ccc(C(=O)N[C@H]2CCC[C@@](O)(C#Cc3cccc(Cl)c3)C2)cc1N.Nc1cc(C(=O)N[C@H]2CCC[C@@](O)(C#Cc3cccc(Cl)c3)C2)ccc1Cl. The van der Waals surface area contributed by atoms with Gasteiger partial charge in [0.1, 0.15) is 11.2 Å². The summed E-state index contributed by atoms with van der Waals surface area (Å²) in [7, 11) is 0. The molecule has 2 fully saturated rings. The number of rotatable bonds is 4. The van der Waals surface area contributed by atoms with Crippen LogP contribution in [0.25, 0.3) is 0 Å². The van der Waals surface area contributed by atoms with Gasteiger partial charge in [0.15, 0.2) is 0 Å². The molecule has 2 aliphatic rings. The average Bonchev–Trinajstić information content (AvgIpc) is 3.13. The van der Waals surface area contributed by atoms with Crippen LogP contribution in [0.15, 0.2) is 84.9 Å². The lowest BCUT2D eigenvalue weighted by Gasteiger charge is -2.33. The number of aliphatic hydroxyl groups is 2. The first-order chi connectivity index (χ1) is 25.7. The van der Waals surface area contributed by atoms with Crippen LogP contribution in [0, 0.1) is 30.6 Å². The van der Waals surface area contributed by atoms with Crippen molar-refractivity contribution < 1.29 is 19.8 Å². The predicted octanol–water partition coefficient (Wildman–Crippen LogP) is 7.72. The lowest BCUT2D eigenvalue weighted by molar-refractivity contribution is 0.0443. The summed E-state index contributed by atoms with van der Waals surface area (Å²) in [6.45, 7) is 1.90. The van der Waals surface area contributed by atoms with Gasteiger partial charge in [0.25, 0.3) is 11.8 Å². The van der Waals surface area contributed by atoms with Crippen molar-refractivity contribution in [2.75, 3.05) is 11.5 Å². The van der Waals surface area contributed by atoms with Crippen molar-refractivity contribution in [1.82, 2.24) is 10.6 Å². The summed E-state index contributed by atoms with van der Waals surface area (Å²) >= 11 is 17.8. The molecule has 8 nitrogen and oxygen atoms in total. The average molecular weight is 786 g/mol. The number of carbonyl (C=O) groups excluding carboxylic acids is 2. The molecule has 11 heteroatoms. The van der Waals surface area contributed by atoms with E-state index in [0.717, 1.165) is 42.4 Å². The Balaban J connectivity index is 0.000000208. The molecule has 0 aliphatic heterocycles. The zero-order chi connectivity index (χ0) is 38.9. The highest BCUT2D eigenvalue weighted by Crippen LogP contribution is 2.30. The molecule has 0 aromatic heterocycles. The quantitative estimate of drug-likeness (QED) is 0.0922. The van der Waals surface area contributed by atoms with E-state index in [2.05, 4.69) is 34.3 Å². The summed E-state index contributed by atoms with van der Waals surface area (Å²) in [6.07, 6.45) is 5.09. The van der Waals surface area contributed by atoms with Crippen LogP contribution >= 0.6 is 34.8 Å². The van der Waals surface area contributed by atoms with Gasteiger partial charge in [-0.05, 0) is 118 Å². The number of aryl methyl sites for hydroxylation is 1. The third kappa shape index (κ3) is 11.7. The van der Waals surface area contributed by atoms with Gasteiger partial charge in [-0.1, -0.05) is 76.7 Å². The molecule has 0 heterocycles. The van der Waals surface area contributed by atoms with Gasteiger partial charge in [-0.3, -0.25) is 9.59 Å². The van der Waals surface area contributed by atoms with Crippen LogP contribution in [0.4, 0.5) is 11.4 Å². The van der Waals surface area contributed by atoms with Crippen LogP contribution in [0.5, 0.6) is 0 Å². The van der Waals surface area contributed by atoms with Crippen LogP contribution in [0.2, 0.25) is 15.1 Å². The number of amides is 2. The van der Waals surface area contributed by atoms with Crippen LogP contribution in [-0.2, 0) is 0 Å². The van der Waals surface area contributed by atoms with Gasteiger partial charge in [0.05, 0.1) is 10.7 Å². The van der Waals surface area contributed by atoms with Crippen molar-refractivity contribution in [2.24, 2.45) is 0 Å². The van der Waals surface area contributed by atoms with E-state index in [9.17, 15) is 19.8 Å². The second-order valence-corrected chi connectivity index (χ2v) is 15.2. The van der Waals surface area contributed by atoms with E-state index < -0.39 is 11.2 Å². The predicted molar refractivity (Wildman–Crippen MR) is 217 cm³/mol. The molecule has 0 saturated heterocycles. The molecule has 2 amide bonds. The fraction of sp³-hybridized carbons (Fsp3) is 0.302. The molecule has 0 radical (unpaired) electrons. The fourth-order valence-electron chi connectivity index (χ4n) is 6.49. The monoisotopic (exact) mass is 784 g/mol. The molecule has 0 spiro atoms. The van der Waals surface area contributed by atoms with Gasteiger partial charge in [-0.25, -0.2) is 0 Å². The number of nitrogens with two attached hydrogens (primary N) is 2. The topological polar surface area (TPSA) is 151 Å². The molecule has 4 aromatic carbocycles. The summed E-state index contributed by atoms with van der Waals surface area (Å²) in [5, 5.41) is 29.3. The minimum Gasteiger partial charge on any atom is -0.398 e. The smallest absolute Gasteiger partial charge is 0.251 e. The standard InChI is InChI=1S/C22H23ClN2O2.C21H20Cl2N2O2/c1-15-7-8-17(13-20(15)24)21(26)25-19-6-3-10-22(27,14-19)11-9-16-4-2-5-18(23)12-16;22-16-4-1-3-14(11-16)8-10-21(27)9-2-5-17(13-21)25-20(26)15-6-7-18(23)19(24)12-15/h2,4-5,7-8,12-13,19,27H,3,6,10,14,24H2,1H3,(H,25,26);1,3-4,6-7,11-12,17,27H,2,5,9,13,24H2,(H,25,26)/t19-,22+;17-,21+/m00/s1. The maximum Gasteiger partial charge on any atom is 0.251 e. The number of benzene rings is 4. The second-order valence-electron chi connectivity index (χ2n) is 13.9. The largest absolute Gasteiger partial charge is 0.398 e. The Morgan fingerprint density at radius 1 is 0.685 bits per heavy atom. The second kappa shape index (κ2) is 18.1. The Hall–Kier alpha value is -4.67. The highest BCUT2D eigenvalue weighted by molar-refractivity contribution is 6.33. The lowest BCUT2D eigenvalue weighted by atomic mass is 9.82. The van der Waals surface area contributed by atoms with Crippen molar-refractivity contribution in [2.45, 2.75) is 81.6 Å². The zero-order valence-corrected chi connectivity index (χ0v) is 32.2. The number of carbonyl (C=O) groups is 2. The molecular formula is C43H43Cl3N4O4. The fourth-order valence-corrected chi connectivity index (χ4v) is 6.99. The van der Waals surface area contributed by atoms with Crippen molar-refractivity contribution in [3.05, 3.63) is 128 Å². The number of hydrogen-bond donors (Lipinski definition) is 6. The van der Waals surface area contributed by atoms with Crippen molar-refractivity contribution in [1.29, 1.82) is 0 Å². The Bertz CT molecular complexity index is 1990. The van der Waals surface area contributed by atoms with E-state index in [1.165, 1.54) is 0 Å². The Morgan fingerprint density at radius 3 is 1.59 bits per heavy atom. The molecule has 2 saturated carbocycles. The van der Waals surface area contributed by atoms with Crippen LogP contribution in [0.3, 0.4) is 0 Å². The molecule has 54 heavy (non-hydrogen) atoms. The first kappa shape index (κ1) is 40.5. The van der Waals surface area contributed by atoms with E-state index >= 15 is 0 Å². The Labute approximate surface area is 331 Å². The van der Waals surface area contributed by atoms with Gasteiger partial charge in [0.2, 0.25) is 0 Å². The maximum atomic E-state index is 12.5. The van der Waals surface area contributed by atoms with Crippen molar-refractivity contribution in [3.8, 4) is 23.7 Å². The highest BCUT2D eigenvalue weighted by atomic mass is 35.5. The number of anilines is 2. The maximum absolute atomic E-state index is 12.5. The summed E-state index contributed by atoms with van der Waals surface area (Å²) in [5.41, 5.74) is 13.8. The molecule has 2 aliphatic carbocycles. The van der Waals surface area contributed by atoms with E-state index in [4.69, 9.17) is 46.3 Å². The van der Waals surface area contributed by atoms with E-state index in [1.807, 2.05) is 37.3 Å². The van der Waals surface area contributed by atoms with Crippen molar-refractivity contribution in [3.63, 3.8) is 0 Å². The van der Waals surface area contributed by atoms with Gasteiger partial charge >= 0.3 is 0 Å². The molecular weight excluding hydrogens is 743 g/mol. The molecule has 8 N–H and O–H groups in total. The summed E-state index contributed by atoms with van der Waals surface area (Å²) in [6, 6.07) is 24.2. The normalized spacial score (nSPS) is 21.8. The van der Waals surface area contributed by atoms with Crippen molar-refractivity contribution >= 4 is 58.0 Å². The summed E-state index contributed by atoms with van der Waals surface area (Å²) in [4.78, 5) is 25.0. The third-order valence-electron chi connectivity index (χ3n) is 9.45. The first-order valence-corrected chi connectivity index (χ1v) is 18.9. The Morgan fingerprint density at radius 2 is 1.15 bits per heavy atom. The minimum atomic E-state index is -1.14. The molecule has 4 aromatic rings. The number of halogens is 3. The van der Waals surface area contributed by atoms with E-state index in [1.54, 1.807) is 54.6 Å². The molecule has 4 atom stereocenters. The molecule has 280 valence electrons. The van der Waals surface area contributed by atoms with E-state index in [0.29, 0.717) is 63.3 Å². The molecule has 0 unspecified atom stereocenters. The number of nitrogen functional groups attached to an aromatic ring is 2. The Kier molecular flexibility index (Phi) is 13.6. The minimum absolute atomic E-state index is 0.132. The van der Waals surface area contributed by atoms with Gasteiger partial charge in [-0.2, -0.15) is 0 Å². The molecule has 6 rings (SSSR count). The van der Waals surface area contributed by atoms with Gasteiger partial charge < -0.3 is 32.3 Å². The zero-order valence-electron chi connectivity index (χ0n) is 29.9. The highest BCUT2D eigenvalue weighted by Gasteiger charge is 2.35. The molecule has 0 bridgehead atoms. The number of hydrogen-bond acceptors (Lipinski definition) is 6. The van der Waals surface area contributed by atoms with Crippen LogP contribution < -0.4 is 22.1 Å². The summed E-state index contributed by atoms with van der Waals surface area (Å²) in [5.74, 6) is 11.5. The van der Waals surface area contributed by atoms with Crippen LogP contribution in [-0.4, -0.2) is 45.3 Å². The van der Waals surface area contributed by atoms with Gasteiger partial charge in [0, 0.05) is 62.9 Å². The lowest BCUT2D eigenvalue weighted by Crippen LogP contribution is -2.45. The van der Waals surface area contributed by atoms with Gasteiger partial charge in [-0.15, -0.1) is 0 Å². The number of nitrogens with one attached hydrogen (secondary N) is 2. The first-order valence-electron chi connectivity index (χ1n) is 17.7. The third-order valence-corrected chi connectivity index (χ3v) is 10.3.